The van der Waals surface area contributed by atoms with E-state index < -0.39 is 0 Å². The number of halogens is 1. The number of carbonyl (C=O) groups excluding carboxylic acids is 1. The lowest BCUT2D eigenvalue weighted by atomic mass is 10.1. The van der Waals surface area contributed by atoms with Crippen LogP contribution >= 0.6 is 12.4 Å². The van der Waals surface area contributed by atoms with E-state index in [1.165, 1.54) is 6.42 Å². The van der Waals surface area contributed by atoms with Gasteiger partial charge in [-0.3, -0.25) is 9.48 Å². The zero-order valence-corrected chi connectivity index (χ0v) is 13.7. The Labute approximate surface area is 132 Å². The van der Waals surface area contributed by atoms with Crippen molar-refractivity contribution in [3.05, 3.63) is 11.9 Å². The summed E-state index contributed by atoms with van der Waals surface area (Å²) in [6.07, 6.45) is 5.01. The molecule has 7 heteroatoms. The number of aromatic nitrogens is 3. The van der Waals surface area contributed by atoms with Crippen LogP contribution in [0.1, 0.15) is 43.6 Å². The van der Waals surface area contributed by atoms with E-state index in [2.05, 4.69) is 34.8 Å². The number of carbonyl (C=O) groups is 1. The Bertz CT molecular complexity index is 429. The molecule has 2 rings (SSSR count). The third-order valence-corrected chi connectivity index (χ3v) is 3.71. The fourth-order valence-electron chi connectivity index (χ4n) is 2.34. The van der Waals surface area contributed by atoms with Gasteiger partial charge in [-0.1, -0.05) is 19.1 Å². The minimum atomic E-state index is -0.119. The monoisotopic (exact) mass is 315 g/mol. The highest BCUT2D eigenvalue weighted by atomic mass is 35.5. The van der Waals surface area contributed by atoms with E-state index in [0.717, 1.165) is 32.5 Å². The van der Waals surface area contributed by atoms with E-state index in [0.29, 0.717) is 24.1 Å². The molecule has 6 nitrogen and oxygen atoms in total. The van der Waals surface area contributed by atoms with Crippen molar-refractivity contribution >= 4 is 18.3 Å². The molecule has 1 aromatic rings. The largest absolute Gasteiger partial charge is 0.351 e. The average molecular weight is 316 g/mol. The van der Waals surface area contributed by atoms with Crippen LogP contribution in [0.15, 0.2) is 6.20 Å². The zero-order chi connectivity index (χ0) is 14.4. The molecule has 0 saturated carbocycles. The minimum absolute atomic E-state index is 0. The second-order valence-corrected chi connectivity index (χ2v) is 5.95. The maximum Gasteiger partial charge on any atom is 0.273 e. The maximum absolute atomic E-state index is 11.9. The van der Waals surface area contributed by atoms with Gasteiger partial charge in [-0.05, 0) is 44.2 Å². The van der Waals surface area contributed by atoms with Crippen LogP contribution in [0, 0.1) is 11.8 Å². The quantitative estimate of drug-likeness (QED) is 0.799. The molecule has 1 aromatic heterocycles. The molecular formula is C14H26ClN5O. The topological polar surface area (TPSA) is 71.8 Å². The number of hydrogen-bond donors (Lipinski definition) is 2. The van der Waals surface area contributed by atoms with Gasteiger partial charge >= 0.3 is 0 Å². The van der Waals surface area contributed by atoms with Crippen LogP contribution in [0.2, 0.25) is 0 Å². The van der Waals surface area contributed by atoms with Crippen LogP contribution < -0.4 is 10.6 Å². The molecule has 2 heterocycles. The molecule has 0 aromatic carbocycles. The van der Waals surface area contributed by atoms with Crippen LogP contribution in [0.5, 0.6) is 0 Å². The van der Waals surface area contributed by atoms with Crippen molar-refractivity contribution in [3.63, 3.8) is 0 Å². The van der Waals surface area contributed by atoms with Gasteiger partial charge in [-0.15, -0.1) is 17.5 Å². The van der Waals surface area contributed by atoms with Gasteiger partial charge in [0.2, 0.25) is 0 Å². The van der Waals surface area contributed by atoms with Gasteiger partial charge in [-0.25, -0.2) is 0 Å². The second-order valence-electron chi connectivity index (χ2n) is 5.95. The van der Waals surface area contributed by atoms with E-state index in [-0.39, 0.29) is 18.3 Å². The molecule has 1 saturated heterocycles. The smallest absolute Gasteiger partial charge is 0.273 e. The molecule has 21 heavy (non-hydrogen) atoms. The SMILES string of the molecule is CC(C)CCn1cc(C(=O)NCCC2CCNC2)nn1.Cl. The highest BCUT2D eigenvalue weighted by Crippen LogP contribution is 2.10. The normalized spacial score (nSPS) is 17.8. The Morgan fingerprint density at radius 1 is 1.57 bits per heavy atom. The average Bonchev–Trinajstić information content (AvgIpc) is 3.07. The first-order valence-electron chi connectivity index (χ1n) is 7.54. The van der Waals surface area contributed by atoms with Gasteiger partial charge < -0.3 is 10.6 Å². The molecule has 1 amide bonds. The molecule has 1 unspecified atom stereocenters. The summed E-state index contributed by atoms with van der Waals surface area (Å²) in [4.78, 5) is 11.9. The second kappa shape index (κ2) is 9.00. The minimum Gasteiger partial charge on any atom is -0.351 e. The zero-order valence-electron chi connectivity index (χ0n) is 12.8. The van der Waals surface area contributed by atoms with E-state index in [1.54, 1.807) is 10.9 Å². The highest BCUT2D eigenvalue weighted by Gasteiger charge is 2.15. The molecule has 0 bridgehead atoms. The summed E-state index contributed by atoms with van der Waals surface area (Å²) in [6, 6.07) is 0. The first kappa shape index (κ1) is 17.9. The van der Waals surface area contributed by atoms with E-state index >= 15 is 0 Å². The summed E-state index contributed by atoms with van der Waals surface area (Å²) >= 11 is 0. The van der Waals surface area contributed by atoms with Gasteiger partial charge in [0.1, 0.15) is 0 Å². The molecule has 1 aliphatic heterocycles. The van der Waals surface area contributed by atoms with Gasteiger partial charge in [0, 0.05) is 13.1 Å². The Morgan fingerprint density at radius 3 is 3.05 bits per heavy atom. The molecule has 120 valence electrons. The van der Waals surface area contributed by atoms with Gasteiger partial charge in [0.15, 0.2) is 5.69 Å². The van der Waals surface area contributed by atoms with Crippen molar-refractivity contribution in [1.29, 1.82) is 0 Å². The Hall–Kier alpha value is -1.14. The van der Waals surface area contributed by atoms with Crippen molar-refractivity contribution in [3.8, 4) is 0 Å². The van der Waals surface area contributed by atoms with Crippen molar-refractivity contribution < 1.29 is 4.79 Å². The predicted octanol–water partition coefficient (Wildman–Crippen LogP) is 1.48. The highest BCUT2D eigenvalue weighted by molar-refractivity contribution is 5.91. The third kappa shape index (κ3) is 6.01. The standard InChI is InChI=1S/C14H25N5O.ClH/c1-11(2)5-8-19-10-13(17-18-19)14(20)16-7-4-12-3-6-15-9-12;/h10-12,15H,3-9H2,1-2H3,(H,16,20);1H. The Morgan fingerprint density at radius 2 is 2.38 bits per heavy atom. The molecular weight excluding hydrogens is 290 g/mol. The number of rotatable bonds is 7. The summed E-state index contributed by atoms with van der Waals surface area (Å²) in [5.74, 6) is 1.19. The number of aryl methyl sites for hydroxylation is 1. The predicted molar refractivity (Wildman–Crippen MR) is 84.7 cm³/mol. The molecule has 0 spiro atoms. The van der Waals surface area contributed by atoms with E-state index in [4.69, 9.17) is 0 Å². The molecule has 0 aliphatic carbocycles. The van der Waals surface area contributed by atoms with Crippen molar-refractivity contribution in [1.82, 2.24) is 25.6 Å². The summed E-state index contributed by atoms with van der Waals surface area (Å²) in [5.41, 5.74) is 0.415. The molecule has 1 atom stereocenters. The lowest BCUT2D eigenvalue weighted by molar-refractivity contribution is 0.0946. The number of nitrogens with one attached hydrogen (secondary N) is 2. The lowest BCUT2D eigenvalue weighted by Gasteiger charge is -2.08. The van der Waals surface area contributed by atoms with Gasteiger partial charge in [0.25, 0.3) is 5.91 Å². The van der Waals surface area contributed by atoms with Crippen LogP contribution in [-0.2, 0) is 6.54 Å². The van der Waals surface area contributed by atoms with Crippen molar-refractivity contribution in [2.75, 3.05) is 19.6 Å². The molecule has 1 fully saturated rings. The number of nitrogens with zero attached hydrogens (tertiary/aromatic N) is 3. The van der Waals surface area contributed by atoms with Gasteiger partial charge in [-0.2, -0.15) is 0 Å². The van der Waals surface area contributed by atoms with Crippen LogP contribution in [-0.4, -0.2) is 40.5 Å². The fourth-order valence-corrected chi connectivity index (χ4v) is 2.34. The van der Waals surface area contributed by atoms with E-state index in [1.807, 2.05) is 0 Å². The van der Waals surface area contributed by atoms with E-state index in [9.17, 15) is 4.79 Å². The van der Waals surface area contributed by atoms with Crippen molar-refractivity contribution in [2.45, 2.75) is 39.7 Å². The first-order valence-corrected chi connectivity index (χ1v) is 7.54. The van der Waals surface area contributed by atoms with Crippen LogP contribution in [0.3, 0.4) is 0 Å². The Balaban J connectivity index is 0.00000220. The maximum atomic E-state index is 11.9. The molecule has 1 aliphatic rings. The number of amides is 1. The van der Waals surface area contributed by atoms with Crippen LogP contribution in [0.25, 0.3) is 0 Å². The third-order valence-electron chi connectivity index (χ3n) is 3.71. The number of hydrogen-bond acceptors (Lipinski definition) is 4. The summed E-state index contributed by atoms with van der Waals surface area (Å²) in [7, 11) is 0. The molecule has 2 N–H and O–H groups in total. The summed E-state index contributed by atoms with van der Waals surface area (Å²) in [5, 5.41) is 14.2. The first-order chi connectivity index (χ1) is 9.65. The van der Waals surface area contributed by atoms with Gasteiger partial charge in [0.05, 0.1) is 6.20 Å². The Kier molecular flexibility index (Phi) is 7.67. The van der Waals surface area contributed by atoms with Crippen molar-refractivity contribution in [2.24, 2.45) is 11.8 Å². The van der Waals surface area contributed by atoms with Crippen LogP contribution in [0.4, 0.5) is 0 Å². The fraction of sp³-hybridized carbons (Fsp3) is 0.786. The summed E-state index contributed by atoms with van der Waals surface area (Å²) in [6.45, 7) is 8.03. The summed E-state index contributed by atoms with van der Waals surface area (Å²) < 4.78 is 1.75. The molecule has 0 radical (unpaired) electrons. The lowest BCUT2D eigenvalue weighted by Crippen LogP contribution is -2.26.